The van der Waals surface area contributed by atoms with Crippen molar-refractivity contribution < 1.29 is 23.5 Å². The van der Waals surface area contributed by atoms with E-state index in [1.165, 1.54) is 0 Å². The number of unbranched alkanes of at least 4 members (excludes halogenated alkanes) is 2. The van der Waals surface area contributed by atoms with Crippen LogP contribution in [0.2, 0.25) is 0 Å². The van der Waals surface area contributed by atoms with Gasteiger partial charge in [-0.15, -0.1) is 5.10 Å². The molecule has 0 aliphatic carbocycles. The fourth-order valence-electron chi connectivity index (χ4n) is 2.72. The standard InChI is InChI=1S/C19H22N4O5/c1-2-3-4-11-27-14-7-5-13(6-8-14)18(26)20-19-22-21-15(28-19)12-23-16(24)9-10-17(23)25/h5-8H,2-4,9-12H2,1H3,(H,20,22,26). The van der Waals surface area contributed by atoms with Crippen LogP contribution in [0.5, 0.6) is 5.75 Å². The highest BCUT2D eigenvalue weighted by molar-refractivity contribution is 6.03. The summed E-state index contributed by atoms with van der Waals surface area (Å²) in [5.41, 5.74) is 0.408. The molecule has 3 amide bonds. The number of carbonyl (C=O) groups excluding carboxylic acids is 3. The number of amides is 3. The third kappa shape index (κ3) is 4.93. The summed E-state index contributed by atoms with van der Waals surface area (Å²) < 4.78 is 10.9. The van der Waals surface area contributed by atoms with E-state index in [-0.39, 0.29) is 43.1 Å². The molecule has 9 nitrogen and oxygen atoms in total. The number of aromatic nitrogens is 2. The Labute approximate surface area is 162 Å². The van der Waals surface area contributed by atoms with Gasteiger partial charge in [-0.25, -0.2) is 0 Å². The van der Waals surface area contributed by atoms with Gasteiger partial charge in [0.25, 0.3) is 5.91 Å². The molecule has 1 fully saturated rings. The van der Waals surface area contributed by atoms with Gasteiger partial charge in [0.15, 0.2) is 0 Å². The van der Waals surface area contributed by atoms with Crippen molar-refractivity contribution in [1.29, 1.82) is 0 Å². The van der Waals surface area contributed by atoms with Gasteiger partial charge in [0.1, 0.15) is 12.3 Å². The lowest BCUT2D eigenvalue weighted by atomic mass is 10.2. The van der Waals surface area contributed by atoms with Crippen molar-refractivity contribution in [3.8, 4) is 5.75 Å². The fraction of sp³-hybridized carbons (Fsp3) is 0.421. The summed E-state index contributed by atoms with van der Waals surface area (Å²) in [6, 6.07) is 6.64. The summed E-state index contributed by atoms with van der Waals surface area (Å²) in [6.07, 6.45) is 3.62. The lowest BCUT2D eigenvalue weighted by molar-refractivity contribution is -0.139. The average Bonchev–Trinajstić information content (AvgIpc) is 3.27. The Morgan fingerprint density at radius 1 is 1.14 bits per heavy atom. The molecule has 2 heterocycles. The molecule has 0 spiro atoms. The number of nitrogens with zero attached hydrogens (tertiary/aromatic N) is 3. The van der Waals surface area contributed by atoms with Gasteiger partial charge < -0.3 is 9.15 Å². The molecule has 1 N–H and O–H groups in total. The molecule has 1 aliphatic rings. The Morgan fingerprint density at radius 2 is 1.86 bits per heavy atom. The molecule has 0 radical (unpaired) electrons. The van der Waals surface area contributed by atoms with Crippen LogP contribution in [0.25, 0.3) is 0 Å². The maximum absolute atomic E-state index is 12.3. The highest BCUT2D eigenvalue weighted by atomic mass is 16.5. The van der Waals surface area contributed by atoms with Crippen LogP contribution in [-0.2, 0) is 16.1 Å². The van der Waals surface area contributed by atoms with Crippen LogP contribution in [0.15, 0.2) is 28.7 Å². The molecule has 1 aromatic carbocycles. The zero-order valence-electron chi connectivity index (χ0n) is 15.6. The van der Waals surface area contributed by atoms with Crippen LogP contribution in [0, 0.1) is 0 Å². The smallest absolute Gasteiger partial charge is 0.322 e. The van der Waals surface area contributed by atoms with Crippen molar-refractivity contribution in [3.05, 3.63) is 35.7 Å². The molecule has 0 saturated carbocycles. The Bertz CT molecular complexity index is 830. The van der Waals surface area contributed by atoms with Gasteiger partial charge in [0.2, 0.25) is 17.7 Å². The van der Waals surface area contributed by atoms with E-state index in [9.17, 15) is 14.4 Å². The largest absolute Gasteiger partial charge is 0.494 e. The molecular weight excluding hydrogens is 364 g/mol. The third-order valence-corrected chi connectivity index (χ3v) is 4.27. The van der Waals surface area contributed by atoms with Crippen molar-refractivity contribution in [3.63, 3.8) is 0 Å². The van der Waals surface area contributed by atoms with E-state index in [0.717, 1.165) is 24.2 Å². The van der Waals surface area contributed by atoms with Gasteiger partial charge in [0, 0.05) is 18.4 Å². The molecule has 1 saturated heterocycles. The molecular formula is C19H22N4O5. The number of hydrogen-bond donors (Lipinski definition) is 1. The lowest BCUT2D eigenvalue weighted by Crippen LogP contribution is -2.28. The molecule has 1 aromatic heterocycles. The highest BCUT2D eigenvalue weighted by Crippen LogP contribution is 2.17. The van der Waals surface area contributed by atoms with Crippen LogP contribution in [0.1, 0.15) is 55.3 Å². The van der Waals surface area contributed by atoms with Crippen molar-refractivity contribution >= 4 is 23.7 Å². The summed E-state index contributed by atoms with van der Waals surface area (Å²) >= 11 is 0. The van der Waals surface area contributed by atoms with Crippen LogP contribution in [-0.4, -0.2) is 39.4 Å². The number of benzene rings is 1. The predicted molar refractivity (Wildman–Crippen MR) is 98.5 cm³/mol. The Kier molecular flexibility index (Phi) is 6.36. The number of hydrogen-bond acceptors (Lipinski definition) is 7. The number of rotatable bonds is 9. The van der Waals surface area contributed by atoms with E-state index in [2.05, 4.69) is 22.4 Å². The molecule has 2 aromatic rings. The molecule has 3 rings (SSSR count). The summed E-state index contributed by atoms with van der Waals surface area (Å²) in [6.45, 7) is 2.68. The first kappa shape index (κ1) is 19.5. The third-order valence-electron chi connectivity index (χ3n) is 4.27. The fourth-order valence-corrected chi connectivity index (χ4v) is 2.72. The summed E-state index contributed by atoms with van der Waals surface area (Å²) in [7, 11) is 0. The maximum Gasteiger partial charge on any atom is 0.322 e. The molecule has 0 bridgehead atoms. The van der Waals surface area contributed by atoms with E-state index in [4.69, 9.17) is 9.15 Å². The van der Waals surface area contributed by atoms with Crippen LogP contribution >= 0.6 is 0 Å². The zero-order valence-corrected chi connectivity index (χ0v) is 15.6. The molecule has 0 atom stereocenters. The van der Waals surface area contributed by atoms with Gasteiger partial charge in [0.05, 0.1) is 6.61 Å². The Balaban J connectivity index is 1.52. The van der Waals surface area contributed by atoms with Gasteiger partial charge in [-0.2, -0.15) is 0 Å². The number of nitrogens with one attached hydrogen (secondary N) is 1. The van der Waals surface area contributed by atoms with Crippen LogP contribution in [0.3, 0.4) is 0 Å². The van der Waals surface area contributed by atoms with E-state index < -0.39 is 5.91 Å². The number of likely N-dealkylation sites (tertiary alicyclic amines) is 1. The van der Waals surface area contributed by atoms with Crippen LogP contribution in [0.4, 0.5) is 6.01 Å². The SMILES string of the molecule is CCCCCOc1ccc(C(=O)Nc2nnc(CN3C(=O)CCC3=O)o2)cc1. The zero-order chi connectivity index (χ0) is 19.9. The average molecular weight is 386 g/mol. The summed E-state index contributed by atoms with van der Waals surface area (Å²) in [5, 5.41) is 9.98. The van der Waals surface area contributed by atoms with E-state index in [1.807, 2.05) is 0 Å². The lowest BCUT2D eigenvalue weighted by Gasteiger charge is -2.09. The normalized spacial score (nSPS) is 13.8. The van der Waals surface area contributed by atoms with E-state index >= 15 is 0 Å². The summed E-state index contributed by atoms with van der Waals surface area (Å²) in [4.78, 5) is 36.6. The number of anilines is 1. The molecule has 1 aliphatic heterocycles. The first-order valence-corrected chi connectivity index (χ1v) is 9.26. The minimum absolute atomic E-state index is 0.0785. The van der Waals surface area contributed by atoms with Crippen LogP contribution < -0.4 is 10.1 Å². The Hall–Kier alpha value is -3.23. The monoisotopic (exact) mass is 386 g/mol. The number of imide groups is 1. The molecule has 9 heteroatoms. The van der Waals surface area contributed by atoms with Crippen molar-refractivity contribution in [2.24, 2.45) is 0 Å². The molecule has 0 unspecified atom stereocenters. The Morgan fingerprint density at radius 3 is 2.54 bits per heavy atom. The molecule has 28 heavy (non-hydrogen) atoms. The van der Waals surface area contributed by atoms with Crippen molar-refractivity contribution in [2.75, 3.05) is 11.9 Å². The highest BCUT2D eigenvalue weighted by Gasteiger charge is 2.30. The second-order valence-corrected chi connectivity index (χ2v) is 6.41. The van der Waals surface area contributed by atoms with E-state index in [1.54, 1.807) is 24.3 Å². The van der Waals surface area contributed by atoms with E-state index in [0.29, 0.717) is 17.9 Å². The number of ether oxygens (including phenoxy) is 1. The first-order valence-electron chi connectivity index (χ1n) is 9.26. The van der Waals surface area contributed by atoms with Gasteiger partial charge >= 0.3 is 6.01 Å². The second kappa shape index (κ2) is 9.12. The predicted octanol–water partition coefficient (Wildman–Crippen LogP) is 2.54. The van der Waals surface area contributed by atoms with Crippen molar-refractivity contribution in [1.82, 2.24) is 15.1 Å². The van der Waals surface area contributed by atoms with Gasteiger partial charge in [-0.1, -0.05) is 24.9 Å². The summed E-state index contributed by atoms with van der Waals surface area (Å²) in [5.74, 6) is -0.181. The topological polar surface area (TPSA) is 115 Å². The quantitative estimate of drug-likeness (QED) is 0.520. The number of carbonyl (C=O) groups is 3. The van der Waals surface area contributed by atoms with Gasteiger partial charge in [-0.3, -0.25) is 24.6 Å². The van der Waals surface area contributed by atoms with Crippen molar-refractivity contribution in [2.45, 2.75) is 45.6 Å². The molecule has 148 valence electrons. The van der Waals surface area contributed by atoms with Gasteiger partial charge in [-0.05, 0) is 30.7 Å². The second-order valence-electron chi connectivity index (χ2n) is 6.41. The minimum Gasteiger partial charge on any atom is -0.494 e. The minimum atomic E-state index is -0.416. The first-order chi connectivity index (χ1) is 13.6. The maximum atomic E-state index is 12.3.